The SMILES string of the molecule is O=C(c1cnc2ccccn12)C1CC2CCC(C1)N2C(=O)OCc1ccccc1. The summed E-state index contributed by atoms with van der Waals surface area (Å²) in [6, 6.07) is 15.6. The second-order valence-electron chi connectivity index (χ2n) is 7.94. The molecular weight excluding hydrogens is 366 g/mol. The van der Waals surface area contributed by atoms with Crippen molar-refractivity contribution in [3.05, 3.63) is 72.2 Å². The number of rotatable bonds is 4. The third-order valence-corrected chi connectivity index (χ3v) is 6.19. The lowest BCUT2D eigenvalue weighted by Gasteiger charge is -2.37. The van der Waals surface area contributed by atoms with Crippen molar-refractivity contribution in [1.82, 2.24) is 14.3 Å². The largest absolute Gasteiger partial charge is 0.445 e. The zero-order valence-corrected chi connectivity index (χ0v) is 16.1. The van der Waals surface area contributed by atoms with Gasteiger partial charge in [-0.25, -0.2) is 9.78 Å². The minimum atomic E-state index is -0.262. The van der Waals surface area contributed by atoms with Crippen LogP contribution >= 0.6 is 0 Å². The number of aromatic nitrogens is 2. The molecule has 4 heterocycles. The Morgan fingerprint density at radius 3 is 2.48 bits per heavy atom. The fourth-order valence-corrected chi connectivity index (χ4v) is 4.81. The number of carbonyl (C=O) groups is 2. The molecular formula is C23H23N3O3. The summed E-state index contributed by atoms with van der Waals surface area (Å²) < 4.78 is 7.41. The van der Waals surface area contributed by atoms with E-state index in [9.17, 15) is 9.59 Å². The van der Waals surface area contributed by atoms with Gasteiger partial charge in [-0.2, -0.15) is 0 Å². The topological polar surface area (TPSA) is 63.9 Å². The van der Waals surface area contributed by atoms with Gasteiger partial charge in [0.2, 0.25) is 0 Å². The molecule has 2 saturated heterocycles. The molecule has 2 aromatic heterocycles. The summed E-state index contributed by atoms with van der Waals surface area (Å²) >= 11 is 0. The lowest BCUT2D eigenvalue weighted by molar-refractivity contribution is 0.0483. The minimum Gasteiger partial charge on any atom is -0.445 e. The van der Waals surface area contributed by atoms with Crippen LogP contribution in [0.25, 0.3) is 5.65 Å². The van der Waals surface area contributed by atoms with Crippen molar-refractivity contribution in [1.29, 1.82) is 0 Å². The second kappa shape index (κ2) is 7.35. The molecule has 2 fully saturated rings. The highest BCUT2D eigenvalue weighted by molar-refractivity contribution is 5.97. The first-order chi connectivity index (χ1) is 14.2. The van der Waals surface area contributed by atoms with E-state index in [1.807, 2.05) is 64.0 Å². The van der Waals surface area contributed by atoms with Crippen molar-refractivity contribution < 1.29 is 14.3 Å². The van der Waals surface area contributed by atoms with Gasteiger partial charge >= 0.3 is 6.09 Å². The number of ether oxygens (including phenoxy) is 1. The third kappa shape index (κ3) is 3.28. The normalized spacial score (nSPS) is 23.3. The Kier molecular flexibility index (Phi) is 4.54. The zero-order chi connectivity index (χ0) is 19.8. The molecule has 0 saturated carbocycles. The lowest BCUT2D eigenvalue weighted by atomic mass is 9.86. The summed E-state index contributed by atoms with van der Waals surface area (Å²) in [6.45, 7) is 0.278. The van der Waals surface area contributed by atoms with Gasteiger partial charge in [0.15, 0.2) is 5.78 Å². The van der Waals surface area contributed by atoms with Crippen LogP contribution in [0.2, 0.25) is 0 Å². The maximum Gasteiger partial charge on any atom is 0.410 e. The van der Waals surface area contributed by atoms with Crippen LogP contribution in [0, 0.1) is 5.92 Å². The van der Waals surface area contributed by atoms with Crippen molar-refractivity contribution in [3.8, 4) is 0 Å². The second-order valence-corrected chi connectivity index (χ2v) is 7.94. The van der Waals surface area contributed by atoms with Gasteiger partial charge in [0.05, 0.1) is 6.20 Å². The van der Waals surface area contributed by atoms with Gasteiger partial charge in [-0.3, -0.25) is 9.20 Å². The maximum absolute atomic E-state index is 13.2. The van der Waals surface area contributed by atoms with Crippen LogP contribution in [0.3, 0.4) is 0 Å². The first kappa shape index (κ1) is 17.9. The van der Waals surface area contributed by atoms with Crippen LogP contribution in [-0.2, 0) is 11.3 Å². The molecule has 1 aromatic carbocycles. The molecule has 6 heteroatoms. The van der Waals surface area contributed by atoms with E-state index < -0.39 is 0 Å². The van der Waals surface area contributed by atoms with E-state index in [4.69, 9.17) is 4.74 Å². The van der Waals surface area contributed by atoms with Crippen LogP contribution in [0.4, 0.5) is 4.79 Å². The van der Waals surface area contributed by atoms with Gasteiger partial charge in [0.25, 0.3) is 0 Å². The lowest BCUT2D eigenvalue weighted by Crippen LogP contribution is -2.48. The van der Waals surface area contributed by atoms with Crippen LogP contribution in [0.5, 0.6) is 0 Å². The maximum atomic E-state index is 13.2. The molecule has 3 aromatic rings. The molecule has 0 spiro atoms. The van der Waals surface area contributed by atoms with Gasteiger partial charge < -0.3 is 9.64 Å². The molecule has 0 aliphatic carbocycles. The number of hydrogen-bond acceptors (Lipinski definition) is 4. The smallest absolute Gasteiger partial charge is 0.410 e. The molecule has 148 valence electrons. The summed E-state index contributed by atoms with van der Waals surface area (Å²) in [7, 11) is 0. The third-order valence-electron chi connectivity index (χ3n) is 6.19. The molecule has 0 radical (unpaired) electrons. The number of piperidine rings is 1. The van der Waals surface area contributed by atoms with Crippen LogP contribution in [-0.4, -0.2) is 38.2 Å². The molecule has 0 N–H and O–H groups in total. The number of nitrogens with zero attached hydrogens (tertiary/aromatic N) is 3. The van der Waals surface area contributed by atoms with Crippen molar-refractivity contribution in [2.24, 2.45) is 5.92 Å². The average Bonchev–Trinajstić information content (AvgIpc) is 3.30. The molecule has 2 bridgehead atoms. The zero-order valence-electron chi connectivity index (χ0n) is 16.1. The summed E-state index contributed by atoms with van der Waals surface area (Å²) in [5.41, 5.74) is 2.39. The molecule has 2 unspecified atom stereocenters. The molecule has 6 nitrogen and oxygen atoms in total. The van der Waals surface area contributed by atoms with Gasteiger partial charge in [-0.15, -0.1) is 0 Å². The Morgan fingerprint density at radius 1 is 1.00 bits per heavy atom. The number of benzene rings is 1. The summed E-state index contributed by atoms with van der Waals surface area (Å²) in [6.07, 6.45) is 6.53. The Labute approximate surface area is 169 Å². The van der Waals surface area contributed by atoms with Crippen molar-refractivity contribution >= 4 is 17.5 Å². The van der Waals surface area contributed by atoms with E-state index in [1.54, 1.807) is 6.20 Å². The fraction of sp³-hybridized carbons (Fsp3) is 0.348. The molecule has 2 aliphatic rings. The number of fused-ring (bicyclic) bond motifs is 3. The van der Waals surface area contributed by atoms with Crippen molar-refractivity contribution in [3.63, 3.8) is 0 Å². The average molecular weight is 389 g/mol. The van der Waals surface area contributed by atoms with E-state index >= 15 is 0 Å². The van der Waals surface area contributed by atoms with E-state index in [0.29, 0.717) is 18.5 Å². The first-order valence-corrected chi connectivity index (χ1v) is 10.2. The van der Waals surface area contributed by atoms with E-state index in [1.165, 1.54) is 0 Å². The Balaban J connectivity index is 1.27. The summed E-state index contributed by atoms with van der Waals surface area (Å²) in [5.74, 6) is 0.0451. The number of Topliss-reactive ketones (excluding diaryl/α,β-unsaturated/α-hetero) is 1. The van der Waals surface area contributed by atoms with Crippen molar-refractivity contribution in [2.75, 3.05) is 0 Å². The summed E-state index contributed by atoms with van der Waals surface area (Å²) in [5, 5.41) is 0. The quantitative estimate of drug-likeness (QED) is 0.630. The predicted molar refractivity (Wildman–Crippen MR) is 108 cm³/mol. The van der Waals surface area contributed by atoms with E-state index in [2.05, 4.69) is 4.98 Å². The Hall–Kier alpha value is -3.15. The van der Waals surface area contributed by atoms with Gasteiger partial charge in [0, 0.05) is 24.2 Å². The number of carbonyl (C=O) groups excluding carboxylic acids is 2. The van der Waals surface area contributed by atoms with E-state index in [-0.39, 0.29) is 36.5 Å². The molecule has 5 rings (SSSR count). The molecule has 1 amide bonds. The van der Waals surface area contributed by atoms with Gasteiger partial charge in [-0.05, 0) is 43.4 Å². The highest BCUT2D eigenvalue weighted by atomic mass is 16.6. The monoisotopic (exact) mass is 389 g/mol. The first-order valence-electron chi connectivity index (χ1n) is 10.2. The summed E-state index contributed by atoms with van der Waals surface area (Å²) in [4.78, 5) is 32.1. The van der Waals surface area contributed by atoms with Crippen LogP contribution < -0.4 is 0 Å². The highest BCUT2D eigenvalue weighted by Gasteiger charge is 2.46. The number of pyridine rings is 1. The van der Waals surface area contributed by atoms with Crippen LogP contribution in [0.1, 0.15) is 41.7 Å². The Morgan fingerprint density at radius 2 is 1.72 bits per heavy atom. The van der Waals surface area contributed by atoms with Gasteiger partial charge in [-0.1, -0.05) is 36.4 Å². The standard InChI is InChI=1S/C23H23N3O3/c27-22(20-14-24-21-8-4-5-11-25(20)21)17-12-18-9-10-19(13-17)26(18)23(28)29-15-16-6-2-1-3-7-16/h1-8,11,14,17-19H,9-10,12-13,15H2. The van der Waals surface area contributed by atoms with Gasteiger partial charge in [0.1, 0.15) is 17.9 Å². The highest BCUT2D eigenvalue weighted by Crippen LogP contribution is 2.40. The number of amides is 1. The minimum absolute atomic E-state index is 0.0742. The van der Waals surface area contributed by atoms with Crippen molar-refractivity contribution in [2.45, 2.75) is 44.4 Å². The number of ketones is 1. The fourth-order valence-electron chi connectivity index (χ4n) is 4.81. The molecule has 2 atom stereocenters. The number of imidazole rings is 1. The molecule has 2 aliphatic heterocycles. The molecule has 29 heavy (non-hydrogen) atoms. The predicted octanol–water partition coefficient (Wildman–Crippen LogP) is 4.10. The van der Waals surface area contributed by atoms with Crippen LogP contribution in [0.15, 0.2) is 60.9 Å². The number of hydrogen-bond donors (Lipinski definition) is 0. The van der Waals surface area contributed by atoms with E-state index in [0.717, 1.165) is 24.1 Å². The Bertz CT molecular complexity index is 1030.